The average Bonchev–Trinajstić information content (AvgIpc) is 3.25. The van der Waals surface area contributed by atoms with Crippen LogP contribution in [0.4, 0.5) is 22.1 Å². The molecule has 0 unspecified atom stereocenters. The lowest BCUT2D eigenvalue weighted by Crippen LogP contribution is -2.47. The fraction of sp³-hybridized carbons (Fsp3) is 0.211. The Morgan fingerprint density at radius 1 is 1.24 bits per heavy atom. The van der Waals surface area contributed by atoms with Gasteiger partial charge in [-0.05, 0) is 26.0 Å². The van der Waals surface area contributed by atoms with Crippen molar-refractivity contribution in [3.63, 3.8) is 0 Å². The van der Waals surface area contributed by atoms with E-state index in [1.165, 1.54) is 0 Å². The Morgan fingerprint density at radius 3 is 2.90 bits per heavy atom. The van der Waals surface area contributed by atoms with Crippen molar-refractivity contribution in [3.8, 4) is 11.3 Å². The molecule has 3 aromatic heterocycles. The number of benzene rings is 1. The second kappa shape index (κ2) is 6.03. The van der Waals surface area contributed by atoms with Crippen molar-refractivity contribution >= 4 is 29.0 Å². The first-order chi connectivity index (χ1) is 13.9. The predicted molar refractivity (Wildman–Crippen MR) is 108 cm³/mol. The average molecular weight is 389 g/mol. The second-order valence-electron chi connectivity index (χ2n) is 7.47. The van der Waals surface area contributed by atoms with Crippen LogP contribution in [0.1, 0.15) is 19.4 Å². The van der Waals surface area contributed by atoms with Crippen molar-refractivity contribution in [1.82, 2.24) is 34.7 Å². The number of nitrogens with one attached hydrogen (secondary N) is 3. The van der Waals surface area contributed by atoms with Gasteiger partial charge in [0.25, 0.3) is 0 Å². The summed E-state index contributed by atoms with van der Waals surface area (Å²) in [6.07, 6.45) is 7.05. The van der Waals surface area contributed by atoms with E-state index in [1.807, 2.05) is 45.3 Å². The molecule has 0 atom stereocenters. The molecule has 0 spiro atoms. The van der Waals surface area contributed by atoms with Crippen molar-refractivity contribution in [2.75, 3.05) is 10.6 Å². The zero-order valence-electron chi connectivity index (χ0n) is 16.1. The van der Waals surface area contributed by atoms with Crippen molar-refractivity contribution in [1.29, 1.82) is 0 Å². The lowest BCUT2D eigenvalue weighted by Gasteiger charge is -2.34. The summed E-state index contributed by atoms with van der Waals surface area (Å²) >= 11 is 0. The molecule has 3 N–H and O–H groups in total. The number of carbonyl (C=O) groups is 1. The summed E-state index contributed by atoms with van der Waals surface area (Å²) in [4.78, 5) is 20.9. The summed E-state index contributed by atoms with van der Waals surface area (Å²) < 4.78 is 3.39. The second-order valence-corrected chi connectivity index (χ2v) is 7.47. The molecule has 0 radical (unpaired) electrons. The molecule has 0 saturated heterocycles. The van der Waals surface area contributed by atoms with Gasteiger partial charge in [0, 0.05) is 48.1 Å². The summed E-state index contributed by atoms with van der Waals surface area (Å²) in [5.41, 5.74) is 4.28. The van der Waals surface area contributed by atoms with Crippen molar-refractivity contribution in [3.05, 3.63) is 48.5 Å². The molecule has 1 aliphatic rings. The third-order valence-corrected chi connectivity index (χ3v) is 4.86. The normalized spacial score (nSPS) is 14.9. The predicted octanol–water partition coefficient (Wildman–Crippen LogP) is 2.64. The van der Waals surface area contributed by atoms with Gasteiger partial charge < -0.3 is 16.0 Å². The number of fused-ring (bicyclic) bond motifs is 2. The molecule has 0 saturated carbocycles. The molecule has 4 aromatic rings. The molecule has 10 heteroatoms. The fourth-order valence-corrected chi connectivity index (χ4v) is 3.52. The molecule has 10 nitrogen and oxygen atoms in total. The first-order valence-corrected chi connectivity index (χ1v) is 9.10. The number of nitrogens with zero attached hydrogens (tertiary/aromatic N) is 6. The van der Waals surface area contributed by atoms with Crippen LogP contribution in [0.3, 0.4) is 0 Å². The van der Waals surface area contributed by atoms with Crippen molar-refractivity contribution in [2.24, 2.45) is 7.05 Å². The summed E-state index contributed by atoms with van der Waals surface area (Å²) in [5, 5.41) is 17.6. The summed E-state index contributed by atoms with van der Waals surface area (Å²) in [6, 6.07) is 5.56. The Labute approximate surface area is 166 Å². The van der Waals surface area contributed by atoms with Crippen molar-refractivity contribution in [2.45, 2.75) is 19.4 Å². The van der Waals surface area contributed by atoms with Gasteiger partial charge in [0.15, 0.2) is 5.65 Å². The highest BCUT2D eigenvalue weighted by molar-refractivity contribution is 5.94. The number of aromatic nitrogens is 6. The van der Waals surface area contributed by atoms with Crippen LogP contribution in [-0.4, -0.2) is 35.4 Å². The van der Waals surface area contributed by atoms with Crippen LogP contribution in [0.2, 0.25) is 0 Å². The zero-order chi connectivity index (χ0) is 20.2. The molecule has 0 bridgehead atoms. The smallest absolute Gasteiger partial charge is 0.319 e. The first-order valence-electron chi connectivity index (χ1n) is 9.10. The lowest BCUT2D eigenvalue weighted by atomic mass is 9.91. The largest absolute Gasteiger partial charge is 0.329 e. The SMILES string of the molecule is Cn1cc(-c2nccn3nc(Nc4ccc5c(c4)NC(=O)NC5(C)C)nc23)cn1. The fourth-order valence-electron chi connectivity index (χ4n) is 3.52. The molecule has 1 aromatic carbocycles. The molecule has 146 valence electrons. The Balaban J connectivity index is 1.50. The molecule has 5 rings (SSSR count). The van der Waals surface area contributed by atoms with Gasteiger partial charge in [-0.1, -0.05) is 6.07 Å². The lowest BCUT2D eigenvalue weighted by molar-refractivity contribution is 0.239. The molecule has 0 fully saturated rings. The maximum absolute atomic E-state index is 11.9. The van der Waals surface area contributed by atoms with Gasteiger partial charge in [-0.2, -0.15) is 10.1 Å². The highest BCUT2D eigenvalue weighted by Gasteiger charge is 2.30. The Morgan fingerprint density at radius 2 is 2.10 bits per heavy atom. The maximum atomic E-state index is 11.9. The van der Waals surface area contributed by atoms with E-state index in [1.54, 1.807) is 27.8 Å². The topological polar surface area (TPSA) is 114 Å². The summed E-state index contributed by atoms with van der Waals surface area (Å²) in [5.74, 6) is 0.433. The number of aryl methyl sites for hydroxylation is 1. The number of carbonyl (C=O) groups excluding carboxylic acids is 1. The van der Waals surface area contributed by atoms with Crippen LogP contribution in [0.5, 0.6) is 0 Å². The summed E-state index contributed by atoms with van der Waals surface area (Å²) in [6.45, 7) is 3.93. The van der Waals surface area contributed by atoms with Crippen LogP contribution in [-0.2, 0) is 12.6 Å². The third-order valence-electron chi connectivity index (χ3n) is 4.86. The standard InChI is InChI=1S/C19H19N9O/c1-19(2)13-5-4-12(8-14(13)23-18(29)25-19)22-17-24-16-15(11-9-21-27(3)10-11)20-6-7-28(16)26-17/h4-10H,1-3H3,(H,22,26)(H2,23,25,29). The number of amides is 2. The van der Waals surface area contributed by atoms with E-state index < -0.39 is 5.54 Å². The van der Waals surface area contributed by atoms with Gasteiger partial charge in [-0.3, -0.25) is 9.67 Å². The number of anilines is 3. The van der Waals surface area contributed by atoms with Gasteiger partial charge in [0.2, 0.25) is 5.95 Å². The minimum absolute atomic E-state index is 0.224. The minimum atomic E-state index is -0.443. The van der Waals surface area contributed by atoms with Crippen LogP contribution >= 0.6 is 0 Å². The Kier molecular flexibility index (Phi) is 3.57. The van der Waals surface area contributed by atoms with Crippen molar-refractivity contribution < 1.29 is 4.79 Å². The van der Waals surface area contributed by atoms with Crippen LogP contribution in [0.25, 0.3) is 16.9 Å². The molecule has 29 heavy (non-hydrogen) atoms. The number of urea groups is 1. The molecule has 2 amide bonds. The molecular formula is C19H19N9O. The van der Waals surface area contributed by atoms with E-state index in [0.717, 1.165) is 22.5 Å². The molecule has 0 aliphatic carbocycles. The zero-order valence-corrected chi connectivity index (χ0v) is 16.1. The monoisotopic (exact) mass is 389 g/mol. The van der Waals surface area contributed by atoms with Crippen LogP contribution < -0.4 is 16.0 Å². The molecular weight excluding hydrogens is 370 g/mol. The number of rotatable bonds is 3. The Hall–Kier alpha value is -3.95. The number of hydrogen-bond donors (Lipinski definition) is 3. The van der Waals surface area contributed by atoms with Crippen LogP contribution in [0.15, 0.2) is 43.0 Å². The maximum Gasteiger partial charge on any atom is 0.319 e. The van der Waals surface area contributed by atoms with Gasteiger partial charge in [0.05, 0.1) is 11.7 Å². The van der Waals surface area contributed by atoms with Gasteiger partial charge >= 0.3 is 6.03 Å². The first kappa shape index (κ1) is 17.2. The van der Waals surface area contributed by atoms with E-state index in [-0.39, 0.29) is 6.03 Å². The highest BCUT2D eigenvalue weighted by Crippen LogP contribution is 2.34. The van der Waals surface area contributed by atoms with E-state index in [0.29, 0.717) is 17.3 Å². The van der Waals surface area contributed by atoms with E-state index in [4.69, 9.17) is 0 Å². The van der Waals surface area contributed by atoms with Gasteiger partial charge in [0.1, 0.15) is 5.69 Å². The molecule has 1 aliphatic heterocycles. The highest BCUT2D eigenvalue weighted by atomic mass is 16.2. The van der Waals surface area contributed by atoms with Gasteiger partial charge in [-0.25, -0.2) is 9.31 Å². The van der Waals surface area contributed by atoms with Crippen LogP contribution in [0, 0.1) is 0 Å². The van der Waals surface area contributed by atoms with E-state index >= 15 is 0 Å². The van der Waals surface area contributed by atoms with E-state index in [2.05, 4.69) is 36.1 Å². The third kappa shape index (κ3) is 2.94. The Bertz CT molecular complexity index is 1250. The van der Waals surface area contributed by atoms with E-state index in [9.17, 15) is 4.79 Å². The quantitative estimate of drug-likeness (QED) is 0.496. The van der Waals surface area contributed by atoms with Gasteiger partial charge in [-0.15, -0.1) is 5.10 Å². The minimum Gasteiger partial charge on any atom is -0.329 e. The molecule has 4 heterocycles. The summed E-state index contributed by atoms with van der Waals surface area (Å²) in [7, 11) is 1.85. The number of hydrogen-bond acceptors (Lipinski definition) is 6.